The van der Waals surface area contributed by atoms with Crippen molar-refractivity contribution in [3.05, 3.63) is 74.9 Å². The molecule has 2 aromatic carbocycles. The highest BCUT2D eigenvalue weighted by atomic mass is 35.5. The molecule has 1 saturated carbocycles. The van der Waals surface area contributed by atoms with E-state index < -0.39 is 11.9 Å². The smallest absolute Gasteiger partial charge is 0.293 e. The number of pyridine rings is 1. The molecule has 2 aromatic heterocycles. The third-order valence-electron chi connectivity index (χ3n) is 13.1. The molecule has 4 aromatic rings. The van der Waals surface area contributed by atoms with E-state index in [1.165, 1.54) is 31.2 Å². The summed E-state index contributed by atoms with van der Waals surface area (Å²) in [5, 5.41) is 18.9. The Morgan fingerprint density at radius 2 is 1.78 bits per heavy atom. The maximum Gasteiger partial charge on any atom is 0.293 e. The minimum Gasteiger partial charge on any atom is -0.478 e. The van der Waals surface area contributed by atoms with Crippen molar-refractivity contribution in [1.82, 2.24) is 35.0 Å². The second-order valence-electron chi connectivity index (χ2n) is 17.7. The summed E-state index contributed by atoms with van der Waals surface area (Å²) in [4.78, 5) is 78.1. The Labute approximate surface area is 381 Å². The summed E-state index contributed by atoms with van der Waals surface area (Å²) in [5.41, 5.74) is 2.37. The van der Waals surface area contributed by atoms with E-state index in [1.54, 1.807) is 29.0 Å². The quantitative estimate of drug-likeness (QED) is 0.163. The monoisotopic (exact) mass is 914 g/mol. The first-order valence-electron chi connectivity index (χ1n) is 22.4. The van der Waals surface area contributed by atoms with Crippen molar-refractivity contribution < 1.29 is 33.4 Å². The Morgan fingerprint density at radius 3 is 2.46 bits per heavy atom. The highest BCUT2D eigenvalue weighted by Gasteiger charge is 2.41. The molecular weight excluding hydrogens is 859 g/mol. The van der Waals surface area contributed by atoms with Crippen molar-refractivity contribution in [2.75, 3.05) is 61.5 Å². The van der Waals surface area contributed by atoms with E-state index in [9.17, 15) is 29.1 Å². The number of amides is 4. The molecule has 9 rings (SSSR count). The van der Waals surface area contributed by atoms with Gasteiger partial charge in [-0.15, -0.1) is 0 Å². The van der Waals surface area contributed by atoms with Crippen LogP contribution >= 0.6 is 11.6 Å². The van der Waals surface area contributed by atoms with Crippen LogP contribution in [0.4, 0.5) is 27.5 Å². The van der Waals surface area contributed by atoms with Crippen LogP contribution in [-0.2, 0) is 20.9 Å². The van der Waals surface area contributed by atoms with Crippen LogP contribution in [0.5, 0.6) is 5.75 Å². The number of piperidine rings is 2. The van der Waals surface area contributed by atoms with Gasteiger partial charge in [0.1, 0.15) is 11.1 Å². The van der Waals surface area contributed by atoms with Gasteiger partial charge in [-0.3, -0.25) is 34.2 Å². The largest absolute Gasteiger partial charge is 0.478 e. The summed E-state index contributed by atoms with van der Waals surface area (Å²) < 4.78 is 22.7. The number of aromatic nitrogens is 3. The molecule has 3 saturated heterocycles. The van der Waals surface area contributed by atoms with Crippen molar-refractivity contribution in [2.45, 2.75) is 103 Å². The fraction of sp³-hybridized carbons (Fsp3) is 0.500. The van der Waals surface area contributed by atoms with Crippen molar-refractivity contribution in [3.63, 3.8) is 0 Å². The molecule has 65 heavy (non-hydrogen) atoms. The second-order valence-corrected chi connectivity index (χ2v) is 18.1. The van der Waals surface area contributed by atoms with Gasteiger partial charge in [0.25, 0.3) is 17.4 Å². The molecule has 19 heteroatoms. The number of aliphatic hydroxyl groups is 1. The number of halogens is 2. The van der Waals surface area contributed by atoms with E-state index in [2.05, 4.69) is 42.6 Å². The van der Waals surface area contributed by atoms with E-state index in [4.69, 9.17) is 16.3 Å². The lowest BCUT2D eigenvalue weighted by Crippen LogP contribution is -2.56. The first-order valence-corrected chi connectivity index (χ1v) is 22.8. The van der Waals surface area contributed by atoms with E-state index >= 15 is 4.39 Å². The molecule has 4 fully saturated rings. The average molecular weight is 915 g/mol. The van der Waals surface area contributed by atoms with Gasteiger partial charge in [0.15, 0.2) is 24.0 Å². The average Bonchev–Trinajstić information content (AvgIpc) is 3.60. The number of rotatable bonds is 10. The lowest BCUT2D eigenvalue weighted by atomic mass is 9.90. The minimum absolute atomic E-state index is 0.0660. The topological polar surface area (TPSA) is 195 Å². The van der Waals surface area contributed by atoms with E-state index in [0.29, 0.717) is 71.3 Å². The Hall–Kier alpha value is -5.85. The summed E-state index contributed by atoms with van der Waals surface area (Å²) in [6.07, 6.45) is 6.89. The number of hydrogen-bond donors (Lipinski definition) is 4. The normalized spacial score (nSPS) is 20.6. The second kappa shape index (κ2) is 19.3. The van der Waals surface area contributed by atoms with Crippen LogP contribution in [0.25, 0.3) is 10.9 Å². The van der Waals surface area contributed by atoms with Gasteiger partial charge in [0.05, 0.1) is 30.0 Å². The zero-order valence-corrected chi connectivity index (χ0v) is 37.9. The molecule has 2 atom stereocenters. The Bertz CT molecular complexity index is 2550. The van der Waals surface area contributed by atoms with Crippen LogP contribution in [0, 0.1) is 5.82 Å². The van der Waals surface area contributed by atoms with E-state index in [1.807, 2.05) is 36.9 Å². The molecule has 6 heterocycles. The maximum absolute atomic E-state index is 15.5. The summed E-state index contributed by atoms with van der Waals surface area (Å²) in [5.74, 6) is -0.737. The van der Waals surface area contributed by atoms with Crippen LogP contribution in [0.1, 0.15) is 87.7 Å². The standard InChI is InChI=1S/C24H29ClN6O4.C22H27FN4O3/c1-14(2)31-19-5-4-16(10-15(19)11-20(23(31)34)35-13-21(33)26-3)28-22-18(25)12-27-24(29-22)30-8-6-17(32)7-9-30;1-13-11-25(14-3-2-4-14)9-10-26(13)17-6-5-15-16(20(17)23)12-27(22(15)30)18-7-8-19(28)24-21(18)29/h4-5,10-12,14,17,32H,6-9,13H2,1-3H3,(H,26,33)(H,27,28,29);5-6,13-14,18H,2-4,7-12H2,1H3,(H,24,28,29). The van der Waals surface area contributed by atoms with Crippen LogP contribution in [0.15, 0.2) is 47.4 Å². The number of hydrogen-bond acceptors (Lipinski definition) is 13. The van der Waals surface area contributed by atoms with Crippen LogP contribution < -0.4 is 36.0 Å². The molecule has 1 aliphatic carbocycles. The van der Waals surface area contributed by atoms with Gasteiger partial charge in [-0.1, -0.05) is 18.0 Å². The van der Waals surface area contributed by atoms with Gasteiger partial charge in [-0.2, -0.15) is 4.98 Å². The number of nitrogens with zero attached hydrogens (tertiary/aromatic N) is 7. The number of carbonyl (C=O) groups excluding carboxylic acids is 4. The minimum atomic E-state index is -0.726. The highest BCUT2D eigenvalue weighted by molar-refractivity contribution is 6.33. The van der Waals surface area contributed by atoms with Crippen molar-refractivity contribution in [1.29, 1.82) is 0 Å². The number of anilines is 4. The van der Waals surface area contributed by atoms with Gasteiger partial charge >= 0.3 is 0 Å². The number of ether oxygens (including phenoxy) is 1. The number of imide groups is 1. The number of aliphatic hydroxyl groups excluding tert-OH is 1. The Balaban J connectivity index is 0.000000179. The van der Waals surface area contributed by atoms with Gasteiger partial charge < -0.3 is 39.7 Å². The molecule has 0 radical (unpaired) electrons. The Kier molecular flexibility index (Phi) is 13.6. The molecule has 4 N–H and O–H groups in total. The van der Waals surface area contributed by atoms with Crippen LogP contribution in [0.3, 0.4) is 0 Å². The van der Waals surface area contributed by atoms with Crippen molar-refractivity contribution in [2.24, 2.45) is 0 Å². The first kappa shape index (κ1) is 45.7. The fourth-order valence-corrected chi connectivity index (χ4v) is 9.41. The molecule has 4 aliphatic heterocycles. The number of fused-ring (bicyclic) bond motifs is 2. The van der Waals surface area contributed by atoms with Crippen molar-refractivity contribution >= 4 is 69.3 Å². The highest BCUT2D eigenvalue weighted by Crippen LogP contribution is 2.36. The Morgan fingerprint density at radius 1 is 1.02 bits per heavy atom. The third kappa shape index (κ3) is 9.61. The van der Waals surface area contributed by atoms with Gasteiger partial charge in [-0.05, 0) is 89.3 Å². The molecule has 17 nitrogen and oxygen atoms in total. The molecule has 346 valence electrons. The lowest BCUT2D eigenvalue weighted by Gasteiger charge is -2.47. The fourth-order valence-electron chi connectivity index (χ4n) is 9.27. The zero-order valence-electron chi connectivity index (χ0n) is 37.1. The van der Waals surface area contributed by atoms with E-state index in [-0.39, 0.29) is 79.0 Å². The molecular formula is C46H56ClFN10O7. The molecule has 5 aliphatic rings. The predicted octanol–water partition coefficient (Wildman–Crippen LogP) is 4.51. The first-order chi connectivity index (χ1) is 31.2. The summed E-state index contributed by atoms with van der Waals surface area (Å²) >= 11 is 6.37. The summed E-state index contributed by atoms with van der Waals surface area (Å²) in [6, 6.07) is 10.6. The maximum atomic E-state index is 15.5. The zero-order chi connectivity index (χ0) is 46.1. The van der Waals surface area contributed by atoms with E-state index in [0.717, 1.165) is 30.5 Å². The van der Waals surface area contributed by atoms with Crippen LogP contribution in [0.2, 0.25) is 5.02 Å². The van der Waals surface area contributed by atoms with Crippen LogP contribution in [-0.4, -0.2) is 124 Å². The number of nitrogens with one attached hydrogen (secondary N) is 3. The molecule has 0 spiro atoms. The van der Waals surface area contributed by atoms with Gasteiger partial charge in [0.2, 0.25) is 17.8 Å². The van der Waals surface area contributed by atoms with Gasteiger partial charge in [-0.25, -0.2) is 9.37 Å². The molecule has 0 bridgehead atoms. The van der Waals surface area contributed by atoms with Gasteiger partial charge in [0, 0.05) is 86.5 Å². The number of likely N-dealkylation sites (N-methyl/N-ethyl adjacent to an activating group) is 1. The summed E-state index contributed by atoms with van der Waals surface area (Å²) in [7, 11) is 1.51. The molecule has 4 amide bonds. The SMILES string of the molecule is CC1CN(C2CCC2)CCN1c1ccc2c(c1F)CN(C1CCC(=O)NC1=O)C2=O.CNC(=O)COc1cc2cc(Nc3nc(N4CCC(O)CC4)ncc3Cl)ccc2n(C(C)C)c1=O. The predicted molar refractivity (Wildman–Crippen MR) is 244 cm³/mol. The number of benzene rings is 2. The van der Waals surface area contributed by atoms with Crippen molar-refractivity contribution in [3.8, 4) is 5.75 Å². The number of carbonyl (C=O) groups is 4. The molecule has 2 unspecified atom stereocenters. The summed E-state index contributed by atoms with van der Waals surface area (Å²) in [6.45, 7) is 9.71. The number of piperazine rings is 1. The lowest BCUT2D eigenvalue weighted by molar-refractivity contribution is -0.137. The third-order valence-corrected chi connectivity index (χ3v) is 13.4.